The van der Waals surface area contributed by atoms with E-state index in [-0.39, 0.29) is 17.8 Å². The molecule has 3 heterocycles. The van der Waals surface area contributed by atoms with Crippen LogP contribution in [0.25, 0.3) is 0 Å². The summed E-state index contributed by atoms with van der Waals surface area (Å²) in [5.74, 6) is 0.718. The van der Waals surface area contributed by atoms with Crippen LogP contribution in [0.4, 0.5) is 5.82 Å². The van der Waals surface area contributed by atoms with Crippen LogP contribution in [0.5, 0.6) is 0 Å². The summed E-state index contributed by atoms with van der Waals surface area (Å²) in [4.78, 5) is 18.8. The highest BCUT2D eigenvalue weighted by Crippen LogP contribution is 2.17. The molecule has 1 N–H and O–H groups in total. The molecule has 122 valence electrons. The second kappa shape index (κ2) is 7.24. The first kappa shape index (κ1) is 15.5. The van der Waals surface area contributed by atoms with Gasteiger partial charge in [-0.05, 0) is 25.7 Å². The maximum atomic E-state index is 12.3. The molecule has 3 rings (SSSR count). The lowest BCUT2D eigenvalue weighted by molar-refractivity contribution is 0.0458. The summed E-state index contributed by atoms with van der Waals surface area (Å²) >= 11 is 0. The first-order valence-electron chi connectivity index (χ1n) is 8.33. The van der Waals surface area contributed by atoms with Crippen molar-refractivity contribution in [3.8, 4) is 0 Å². The lowest BCUT2D eigenvalue weighted by Gasteiger charge is -2.30. The topological polar surface area (TPSA) is 67.6 Å². The van der Waals surface area contributed by atoms with Crippen molar-refractivity contribution >= 4 is 5.82 Å². The minimum atomic E-state index is -0.219. The van der Waals surface area contributed by atoms with Gasteiger partial charge in [0.25, 0.3) is 5.56 Å². The molecule has 0 aliphatic carbocycles. The van der Waals surface area contributed by atoms with Crippen LogP contribution < -0.4 is 10.5 Å². The smallest absolute Gasteiger partial charge is 0.255 e. The quantitative estimate of drug-likeness (QED) is 0.908. The summed E-state index contributed by atoms with van der Waals surface area (Å²) in [7, 11) is 0. The van der Waals surface area contributed by atoms with Gasteiger partial charge in [-0.2, -0.15) is 0 Å². The van der Waals surface area contributed by atoms with E-state index in [0.717, 1.165) is 51.2 Å². The number of anilines is 1. The number of rotatable bonds is 3. The van der Waals surface area contributed by atoms with Gasteiger partial charge in [0, 0.05) is 25.8 Å². The third-order valence-corrected chi connectivity index (χ3v) is 4.58. The lowest BCUT2D eigenvalue weighted by atomic mass is 10.1. The van der Waals surface area contributed by atoms with E-state index in [9.17, 15) is 9.90 Å². The molecule has 2 aliphatic rings. The van der Waals surface area contributed by atoms with Crippen LogP contribution in [-0.4, -0.2) is 46.6 Å². The van der Waals surface area contributed by atoms with Gasteiger partial charge in [0.15, 0.2) is 0 Å². The molecule has 0 saturated carbocycles. The van der Waals surface area contributed by atoms with E-state index >= 15 is 0 Å². The summed E-state index contributed by atoms with van der Waals surface area (Å²) in [6, 6.07) is 1.61. The fourth-order valence-corrected chi connectivity index (χ4v) is 3.17. The van der Waals surface area contributed by atoms with Crippen molar-refractivity contribution in [3.05, 3.63) is 22.7 Å². The zero-order valence-corrected chi connectivity index (χ0v) is 13.0. The molecule has 2 aliphatic heterocycles. The number of aliphatic hydroxyl groups excluding tert-OH is 1. The second-order valence-corrected chi connectivity index (χ2v) is 6.30. The van der Waals surface area contributed by atoms with E-state index < -0.39 is 0 Å². The van der Waals surface area contributed by atoms with Crippen molar-refractivity contribution in [1.82, 2.24) is 9.55 Å². The predicted molar refractivity (Wildman–Crippen MR) is 84.2 cm³/mol. The first-order valence-corrected chi connectivity index (χ1v) is 8.33. The van der Waals surface area contributed by atoms with Crippen molar-refractivity contribution in [1.29, 1.82) is 0 Å². The molecule has 0 spiro atoms. The Morgan fingerprint density at radius 2 is 2.05 bits per heavy atom. The Bertz CT molecular complexity index is 530. The van der Waals surface area contributed by atoms with Gasteiger partial charge in [-0.3, -0.25) is 9.36 Å². The van der Waals surface area contributed by atoms with Crippen LogP contribution in [0.15, 0.2) is 17.2 Å². The average Bonchev–Trinajstić information content (AvgIpc) is 2.79. The fourth-order valence-electron chi connectivity index (χ4n) is 3.17. The standard InChI is InChI=1S/C16H25N3O3/c20-13-5-7-18(8-6-13)15-10-16(21)19(12-17-15)11-14-4-2-1-3-9-22-14/h10,12-14,20H,1-9,11H2. The van der Waals surface area contributed by atoms with Crippen molar-refractivity contribution in [2.75, 3.05) is 24.6 Å². The molecule has 1 aromatic heterocycles. The van der Waals surface area contributed by atoms with Crippen molar-refractivity contribution < 1.29 is 9.84 Å². The van der Waals surface area contributed by atoms with Gasteiger partial charge >= 0.3 is 0 Å². The Hall–Kier alpha value is -1.40. The van der Waals surface area contributed by atoms with Crippen LogP contribution in [0.2, 0.25) is 0 Å². The van der Waals surface area contributed by atoms with E-state index in [0.29, 0.717) is 6.54 Å². The molecule has 0 radical (unpaired) electrons. The summed E-state index contributed by atoms with van der Waals surface area (Å²) in [6.07, 6.45) is 7.52. The van der Waals surface area contributed by atoms with Gasteiger partial charge in [0.2, 0.25) is 0 Å². The number of aliphatic hydroxyl groups is 1. The maximum absolute atomic E-state index is 12.3. The molecule has 22 heavy (non-hydrogen) atoms. The SMILES string of the molecule is O=c1cc(N2CCC(O)CC2)ncn1CC1CCCCCO1. The highest BCUT2D eigenvalue weighted by atomic mass is 16.5. The fraction of sp³-hybridized carbons (Fsp3) is 0.750. The zero-order valence-electron chi connectivity index (χ0n) is 13.0. The number of aromatic nitrogens is 2. The second-order valence-electron chi connectivity index (χ2n) is 6.30. The molecule has 1 unspecified atom stereocenters. The van der Waals surface area contributed by atoms with E-state index in [1.165, 1.54) is 12.8 Å². The molecule has 1 aromatic rings. The van der Waals surface area contributed by atoms with Crippen LogP contribution in [-0.2, 0) is 11.3 Å². The van der Waals surface area contributed by atoms with E-state index in [1.54, 1.807) is 17.0 Å². The van der Waals surface area contributed by atoms with Crippen LogP contribution in [0.1, 0.15) is 38.5 Å². The molecular weight excluding hydrogens is 282 g/mol. The van der Waals surface area contributed by atoms with Crippen LogP contribution in [0, 0.1) is 0 Å². The summed E-state index contributed by atoms with van der Waals surface area (Å²) in [6.45, 7) is 2.89. The first-order chi connectivity index (χ1) is 10.7. The number of nitrogens with zero attached hydrogens (tertiary/aromatic N) is 3. The average molecular weight is 307 g/mol. The van der Waals surface area contributed by atoms with E-state index in [2.05, 4.69) is 9.88 Å². The highest BCUT2D eigenvalue weighted by molar-refractivity contribution is 5.37. The lowest BCUT2D eigenvalue weighted by Crippen LogP contribution is -2.37. The molecule has 6 nitrogen and oxygen atoms in total. The molecule has 2 fully saturated rings. The van der Waals surface area contributed by atoms with Gasteiger partial charge in [0.1, 0.15) is 5.82 Å². The molecule has 6 heteroatoms. The largest absolute Gasteiger partial charge is 0.393 e. The third kappa shape index (κ3) is 3.87. The monoisotopic (exact) mass is 307 g/mol. The van der Waals surface area contributed by atoms with Gasteiger partial charge in [-0.25, -0.2) is 4.98 Å². The van der Waals surface area contributed by atoms with Gasteiger partial charge in [-0.15, -0.1) is 0 Å². The maximum Gasteiger partial charge on any atom is 0.255 e. The molecule has 0 bridgehead atoms. The van der Waals surface area contributed by atoms with Crippen LogP contribution in [0.3, 0.4) is 0 Å². The molecule has 1 atom stereocenters. The Morgan fingerprint density at radius 1 is 1.23 bits per heavy atom. The third-order valence-electron chi connectivity index (χ3n) is 4.58. The Morgan fingerprint density at radius 3 is 2.82 bits per heavy atom. The summed E-state index contributed by atoms with van der Waals surface area (Å²) in [5.41, 5.74) is -0.0241. The normalized spacial score (nSPS) is 24.2. The highest BCUT2D eigenvalue weighted by Gasteiger charge is 2.19. The predicted octanol–water partition coefficient (Wildman–Crippen LogP) is 1.16. The number of ether oxygens (including phenoxy) is 1. The number of hydrogen-bond donors (Lipinski definition) is 1. The Balaban J connectivity index is 1.65. The minimum absolute atomic E-state index is 0.0241. The molecule has 2 saturated heterocycles. The van der Waals surface area contributed by atoms with E-state index in [1.807, 2.05) is 0 Å². The van der Waals surface area contributed by atoms with Crippen molar-refractivity contribution in [3.63, 3.8) is 0 Å². The number of hydrogen-bond acceptors (Lipinski definition) is 5. The van der Waals surface area contributed by atoms with Crippen molar-refractivity contribution in [2.45, 2.75) is 57.3 Å². The van der Waals surface area contributed by atoms with Crippen LogP contribution >= 0.6 is 0 Å². The summed E-state index contributed by atoms with van der Waals surface area (Å²) < 4.78 is 7.45. The Labute approximate surface area is 130 Å². The van der Waals surface area contributed by atoms with Crippen molar-refractivity contribution in [2.24, 2.45) is 0 Å². The molecule has 0 amide bonds. The van der Waals surface area contributed by atoms with Gasteiger partial charge < -0.3 is 14.7 Å². The molecular formula is C16H25N3O3. The zero-order chi connectivity index (χ0) is 15.4. The minimum Gasteiger partial charge on any atom is -0.393 e. The van der Waals surface area contributed by atoms with E-state index in [4.69, 9.17) is 4.74 Å². The summed E-state index contributed by atoms with van der Waals surface area (Å²) in [5, 5.41) is 9.55. The number of piperidine rings is 1. The van der Waals surface area contributed by atoms with Gasteiger partial charge in [-0.1, -0.05) is 12.8 Å². The Kier molecular flexibility index (Phi) is 5.10. The van der Waals surface area contributed by atoms with Gasteiger partial charge in [0.05, 0.1) is 25.1 Å². The molecule has 0 aromatic carbocycles.